The van der Waals surface area contributed by atoms with Gasteiger partial charge in [0.15, 0.2) is 0 Å². The Morgan fingerprint density at radius 3 is 2.75 bits per heavy atom. The molecule has 12 heavy (non-hydrogen) atoms. The third kappa shape index (κ3) is 1.02. The molecule has 0 saturated carbocycles. The summed E-state index contributed by atoms with van der Waals surface area (Å²) in [5.41, 5.74) is 0.782. The normalized spacial score (nSPS) is 37.6. The smallest absolute Gasteiger partial charge is 0.204 e. The molecule has 3 nitrogen and oxygen atoms in total. The highest BCUT2D eigenvalue weighted by atomic mass is 32.2. The largest absolute Gasteiger partial charge is 0.256 e. The summed E-state index contributed by atoms with van der Waals surface area (Å²) in [5.74, 6) is 0.153. The van der Waals surface area contributed by atoms with Crippen molar-refractivity contribution in [3.63, 3.8) is 0 Å². The van der Waals surface area contributed by atoms with Crippen LogP contribution in [0.2, 0.25) is 0 Å². The molecular weight excluding hydrogens is 174 g/mol. The van der Waals surface area contributed by atoms with E-state index in [0.717, 1.165) is 12.1 Å². The van der Waals surface area contributed by atoms with E-state index in [0.29, 0.717) is 6.42 Å². The molecule has 0 aromatic rings. The van der Waals surface area contributed by atoms with Gasteiger partial charge < -0.3 is 0 Å². The number of allylic oxidation sites excluding steroid dienone is 2. The summed E-state index contributed by atoms with van der Waals surface area (Å²) < 4.78 is 26.5. The Morgan fingerprint density at radius 1 is 1.42 bits per heavy atom. The average molecular weight is 185 g/mol. The Hall–Kier alpha value is -0.640. The fourth-order valence-electron chi connectivity index (χ4n) is 1.89. The minimum absolute atomic E-state index is 0.153. The third-order valence-corrected chi connectivity index (χ3v) is 4.39. The van der Waals surface area contributed by atoms with Crippen LogP contribution in [0.4, 0.5) is 0 Å². The molecule has 0 aromatic carbocycles. The van der Waals surface area contributed by atoms with Crippen LogP contribution in [0.25, 0.3) is 0 Å². The molecule has 0 bridgehead atoms. The first-order valence-electron chi connectivity index (χ1n) is 4.06. The molecule has 0 saturated heterocycles. The van der Waals surface area contributed by atoms with Crippen LogP contribution in [0.5, 0.6) is 0 Å². The summed E-state index contributed by atoms with van der Waals surface area (Å²) in [4.78, 5) is 0. The molecule has 66 valence electrons. The lowest BCUT2D eigenvalue weighted by Crippen LogP contribution is -2.26. The van der Waals surface area contributed by atoms with E-state index < -0.39 is 10.0 Å². The third-order valence-electron chi connectivity index (χ3n) is 2.56. The van der Waals surface area contributed by atoms with Gasteiger partial charge in [-0.05, 0) is 19.8 Å². The fourth-order valence-corrected chi connectivity index (χ4v) is 3.64. The lowest BCUT2D eigenvalue weighted by atomic mass is 9.90. The quantitative estimate of drug-likeness (QED) is 0.531. The molecule has 1 aliphatic heterocycles. The van der Waals surface area contributed by atoms with Crippen LogP contribution in [0.1, 0.15) is 19.8 Å². The van der Waals surface area contributed by atoms with Gasteiger partial charge in [-0.25, -0.2) is 8.42 Å². The summed E-state index contributed by atoms with van der Waals surface area (Å²) in [6.07, 6.45) is 5.45. The molecule has 2 rings (SSSR count). The number of rotatable bonds is 0. The lowest BCUT2D eigenvalue weighted by molar-refractivity contribution is 0.555. The molecular formula is C8H11NO2S. The second-order valence-electron chi connectivity index (χ2n) is 3.34. The van der Waals surface area contributed by atoms with Gasteiger partial charge in [-0.1, -0.05) is 12.2 Å². The van der Waals surface area contributed by atoms with Crippen LogP contribution >= 0.6 is 0 Å². The van der Waals surface area contributed by atoms with Crippen LogP contribution in [0, 0.1) is 5.92 Å². The molecule has 0 radical (unpaired) electrons. The molecule has 1 heterocycles. The van der Waals surface area contributed by atoms with E-state index in [1.54, 1.807) is 6.92 Å². The second-order valence-corrected chi connectivity index (χ2v) is 5.15. The molecule has 0 fully saturated rings. The summed E-state index contributed by atoms with van der Waals surface area (Å²) >= 11 is 0. The van der Waals surface area contributed by atoms with Gasteiger partial charge in [0.05, 0.1) is 5.25 Å². The molecule has 2 atom stereocenters. The molecule has 0 spiro atoms. The van der Waals surface area contributed by atoms with Crippen molar-refractivity contribution in [1.29, 1.82) is 0 Å². The summed E-state index contributed by atoms with van der Waals surface area (Å²) in [6.45, 7) is 1.81. The van der Waals surface area contributed by atoms with E-state index >= 15 is 0 Å². The first-order chi connectivity index (χ1) is 5.61. The average Bonchev–Trinajstić information content (AvgIpc) is 2.25. The summed E-state index contributed by atoms with van der Waals surface area (Å²) in [6, 6.07) is 0. The Balaban J connectivity index is 2.44. The molecule has 4 heteroatoms. The predicted octanol–water partition coefficient (Wildman–Crippen LogP) is 1.13. The number of fused-ring (bicyclic) bond motifs is 1. The Kier molecular flexibility index (Phi) is 1.61. The highest BCUT2D eigenvalue weighted by Crippen LogP contribution is 2.33. The van der Waals surface area contributed by atoms with Gasteiger partial charge in [-0.15, -0.1) is 0 Å². The maximum Gasteiger partial charge on any atom is 0.256 e. The second kappa shape index (κ2) is 2.42. The highest BCUT2D eigenvalue weighted by Gasteiger charge is 2.40. The van der Waals surface area contributed by atoms with Gasteiger partial charge >= 0.3 is 0 Å². The highest BCUT2D eigenvalue weighted by molar-refractivity contribution is 7.91. The molecule has 0 amide bonds. The van der Waals surface area contributed by atoms with E-state index in [9.17, 15) is 8.42 Å². The molecule has 0 aromatic heterocycles. The van der Waals surface area contributed by atoms with Crippen LogP contribution in [-0.4, -0.2) is 19.4 Å². The van der Waals surface area contributed by atoms with Crippen molar-refractivity contribution in [1.82, 2.24) is 0 Å². The van der Waals surface area contributed by atoms with Crippen molar-refractivity contribution in [3.8, 4) is 0 Å². The van der Waals surface area contributed by atoms with Crippen molar-refractivity contribution in [3.05, 3.63) is 12.2 Å². The minimum Gasteiger partial charge on any atom is -0.204 e. The molecule has 0 N–H and O–H groups in total. The predicted molar refractivity (Wildman–Crippen MR) is 47.7 cm³/mol. The van der Waals surface area contributed by atoms with Gasteiger partial charge in [-0.2, -0.15) is 4.40 Å². The van der Waals surface area contributed by atoms with Crippen LogP contribution in [0.3, 0.4) is 0 Å². The van der Waals surface area contributed by atoms with Crippen LogP contribution < -0.4 is 0 Å². The van der Waals surface area contributed by atoms with E-state index in [1.807, 2.05) is 12.2 Å². The number of hydrogen-bond acceptors (Lipinski definition) is 2. The van der Waals surface area contributed by atoms with Crippen LogP contribution in [0.15, 0.2) is 16.5 Å². The monoisotopic (exact) mass is 185 g/mol. The summed E-state index contributed by atoms with van der Waals surface area (Å²) in [7, 11) is -3.16. The zero-order chi connectivity index (χ0) is 8.77. The Bertz CT molecular complexity index is 353. The molecule has 2 unspecified atom stereocenters. The zero-order valence-corrected chi connectivity index (χ0v) is 7.71. The van der Waals surface area contributed by atoms with Crippen molar-refractivity contribution >= 4 is 15.7 Å². The van der Waals surface area contributed by atoms with Gasteiger partial charge in [0.25, 0.3) is 10.0 Å². The van der Waals surface area contributed by atoms with Gasteiger partial charge in [0, 0.05) is 11.6 Å². The minimum atomic E-state index is -3.16. The number of nitrogens with zero attached hydrogens (tertiary/aromatic N) is 1. The first kappa shape index (κ1) is 7.98. The van der Waals surface area contributed by atoms with Crippen molar-refractivity contribution in [2.75, 3.05) is 0 Å². The van der Waals surface area contributed by atoms with E-state index in [4.69, 9.17) is 0 Å². The standard InChI is InChI=1S/C8H11NO2S/c1-6-7-4-2-3-5-8(7)12(10,11)9-6/h2-3,7-8H,4-5H2,1H3. The first-order valence-corrected chi connectivity index (χ1v) is 5.57. The topological polar surface area (TPSA) is 46.5 Å². The van der Waals surface area contributed by atoms with E-state index in [1.165, 1.54) is 0 Å². The Morgan fingerprint density at radius 2 is 2.08 bits per heavy atom. The number of hydrogen-bond donors (Lipinski definition) is 0. The van der Waals surface area contributed by atoms with E-state index in [2.05, 4.69) is 4.40 Å². The van der Waals surface area contributed by atoms with E-state index in [-0.39, 0.29) is 11.2 Å². The fraction of sp³-hybridized carbons (Fsp3) is 0.625. The molecule has 2 aliphatic rings. The van der Waals surface area contributed by atoms with Gasteiger partial charge in [0.2, 0.25) is 0 Å². The lowest BCUT2D eigenvalue weighted by Gasteiger charge is -2.18. The SMILES string of the molecule is CC1=NS(=O)(=O)C2CC=CCC12. The zero-order valence-electron chi connectivity index (χ0n) is 6.90. The van der Waals surface area contributed by atoms with Gasteiger partial charge in [0.1, 0.15) is 0 Å². The van der Waals surface area contributed by atoms with Crippen molar-refractivity contribution < 1.29 is 8.42 Å². The van der Waals surface area contributed by atoms with Crippen molar-refractivity contribution in [2.45, 2.75) is 25.0 Å². The summed E-state index contributed by atoms with van der Waals surface area (Å²) in [5, 5.41) is -0.262. The Labute approximate surface area is 72.2 Å². The maximum atomic E-state index is 11.4. The maximum absolute atomic E-state index is 11.4. The van der Waals surface area contributed by atoms with Crippen molar-refractivity contribution in [2.24, 2.45) is 10.3 Å². The van der Waals surface area contributed by atoms with Gasteiger partial charge in [-0.3, -0.25) is 0 Å². The number of sulfonamides is 1. The van der Waals surface area contributed by atoms with Crippen LogP contribution in [-0.2, 0) is 10.0 Å². The molecule has 1 aliphatic carbocycles.